The second kappa shape index (κ2) is 5.70. The molecule has 3 nitrogen and oxygen atoms in total. The van der Waals surface area contributed by atoms with E-state index in [0.717, 1.165) is 0 Å². The first kappa shape index (κ1) is 15.9. The van der Waals surface area contributed by atoms with Crippen LogP contribution in [0.25, 0.3) is 0 Å². The van der Waals surface area contributed by atoms with Crippen LogP contribution in [0.2, 0.25) is 0 Å². The van der Waals surface area contributed by atoms with Crippen molar-refractivity contribution in [3.8, 4) is 11.5 Å². The van der Waals surface area contributed by atoms with Gasteiger partial charge in [0, 0.05) is 10.7 Å². The van der Waals surface area contributed by atoms with Gasteiger partial charge in [-0.3, -0.25) is 0 Å². The minimum Gasteiger partial charge on any atom is -0.457 e. The highest BCUT2D eigenvalue weighted by Gasteiger charge is 2.14. The van der Waals surface area contributed by atoms with Gasteiger partial charge < -0.3 is 4.74 Å². The Bertz CT molecular complexity index is 729. The summed E-state index contributed by atoms with van der Waals surface area (Å²) in [7, 11) is 1.57. The fourth-order valence-corrected chi connectivity index (χ4v) is 2.60. The molecule has 0 bridgehead atoms. The molecule has 0 N–H and O–H groups in total. The minimum atomic E-state index is -3.70. The molecule has 0 aliphatic carbocycles. The average Bonchev–Trinajstić information content (AvgIpc) is 2.37. The van der Waals surface area contributed by atoms with Gasteiger partial charge in [-0.05, 0) is 47.4 Å². The van der Waals surface area contributed by atoms with Crippen LogP contribution in [-0.2, 0) is 14.5 Å². The maximum atomic E-state index is 11.2. The van der Waals surface area contributed by atoms with Gasteiger partial charge in [-0.25, -0.2) is 8.42 Å². The molecule has 0 unspecified atom stereocenters. The Morgan fingerprint density at radius 2 is 1.57 bits per heavy atom. The lowest BCUT2D eigenvalue weighted by atomic mass is 9.87. The molecule has 2 aromatic rings. The van der Waals surface area contributed by atoms with Gasteiger partial charge >= 0.3 is 0 Å². The molecule has 5 heteroatoms. The Kier molecular flexibility index (Phi) is 4.30. The van der Waals surface area contributed by atoms with Crippen LogP contribution in [0.15, 0.2) is 53.4 Å². The molecule has 0 spiro atoms. The molecule has 2 rings (SSSR count). The number of hydrogen-bond donors (Lipinski definition) is 0. The van der Waals surface area contributed by atoms with Crippen LogP contribution in [0.1, 0.15) is 26.3 Å². The second-order valence-electron chi connectivity index (χ2n) is 5.79. The molecule has 0 atom stereocenters. The lowest BCUT2D eigenvalue weighted by molar-refractivity contribution is 0.478. The topological polar surface area (TPSA) is 43.4 Å². The van der Waals surface area contributed by atoms with Gasteiger partial charge in [0.2, 0.25) is 0 Å². The van der Waals surface area contributed by atoms with Crippen LogP contribution in [0.5, 0.6) is 11.5 Å². The number of hydrogen-bond acceptors (Lipinski definition) is 3. The summed E-state index contributed by atoms with van der Waals surface area (Å²) in [6.45, 7) is 6.39. The van der Waals surface area contributed by atoms with E-state index < -0.39 is 9.05 Å². The summed E-state index contributed by atoms with van der Waals surface area (Å²) in [4.78, 5) is 0.0555. The van der Waals surface area contributed by atoms with E-state index in [9.17, 15) is 8.42 Å². The highest BCUT2D eigenvalue weighted by Crippen LogP contribution is 2.29. The largest absolute Gasteiger partial charge is 0.457 e. The van der Waals surface area contributed by atoms with Gasteiger partial charge in [0.05, 0.1) is 4.90 Å². The smallest absolute Gasteiger partial charge is 0.261 e. The molecule has 0 radical (unpaired) electrons. The first-order valence-corrected chi connectivity index (χ1v) is 8.80. The normalized spacial score (nSPS) is 12.2. The van der Waals surface area contributed by atoms with Crippen molar-refractivity contribution in [1.29, 1.82) is 0 Å². The first-order valence-electron chi connectivity index (χ1n) is 6.49. The summed E-state index contributed by atoms with van der Waals surface area (Å²) in [5.74, 6) is 1.27. The molecule has 0 aromatic heterocycles. The maximum Gasteiger partial charge on any atom is 0.261 e. The van der Waals surface area contributed by atoms with Crippen molar-refractivity contribution in [3.05, 3.63) is 54.1 Å². The van der Waals surface area contributed by atoms with Crippen molar-refractivity contribution in [2.45, 2.75) is 31.1 Å². The highest BCUT2D eigenvalue weighted by atomic mass is 35.7. The Morgan fingerprint density at radius 3 is 2.10 bits per heavy atom. The summed E-state index contributed by atoms with van der Waals surface area (Å²) in [5.41, 5.74) is 1.20. The van der Waals surface area contributed by atoms with Crippen molar-refractivity contribution in [2.75, 3.05) is 0 Å². The van der Waals surface area contributed by atoms with Gasteiger partial charge in [0.15, 0.2) is 0 Å². The zero-order valence-electron chi connectivity index (χ0n) is 12.1. The molecule has 0 saturated heterocycles. The Hall–Kier alpha value is -1.52. The minimum absolute atomic E-state index is 0.0376. The summed E-state index contributed by atoms with van der Waals surface area (Å²) in [6, 6.07) is 13.8. The van der Waals surface area contributed by atoms with Crippen LogP contribution in [0.3, 0.4) is 0 Å². The lowest BCUT2D eigenvalue weighted by Crippen LogP contribution is -2.10. The molecular formula is C16H17ClO3S. The van der Waals surface area contributed by atoms with Gasteiger partial charge in [-0.15, -0.1) is 0 Å². The Morgan fingerprint density at radius 1 is 0.952 bits per heavy atom. The highest BCUT2D eigenvalue weighted by molar-refractivity contribution is 8.13. The van der Waals surface area contributed by atoms with Crippen LogP contribution in [-0.4, -0.2) is 8.42 Å². The fraction of sp³-hybridized carbons (Fsp3) is 0.250. The molecule has 2 aromatic carbocycles. The lowest BCUT2D eigenvalue weighted by Gasteiger charge is -2.19. The van der Waals surface area contributed by atoms with E-state index in [2.05, 4.69) is 26.8 Å². The van der Waals surface area contributed by atoms with E-state index in [-0.39, 0.29) is 10.3 Å². The predicted octanol–water partition coefficient (Wildman–Crippen LogP) is 4.70. The van der Waals surface area contributed by atoms with Crippen molar-refractivity contribution in [3.63, 3.8) is 0 Å². The SMILES string of the molecule is CC(C)(C)c1cccc(Oc2ccc(S(=O)(=O)Cl)cc2)c1. The van der Waals surface area contributed by atoms with Crippen molar-refractivity contribution in [1.82, 2.24) is 0 Å². The predicted molar refractivity (Wildman–Crippen MR) is 84.7 cm³/mol. The van der Waals surface area contributed by atoms with Crippen molar-refractivity contribution in [2.24, 2.45) is 0 Å². The number of ether oxygens (including phenoxy) is 1. The van der Waals surface area contributed by atoms with Crippen LogP contribution < -0.4 is 4.74 Å². The molecule has 21 heavy (non-hydrogen) atoms. The summed E-state index contributed by atoms with van der Waals surface area (Å²) in [5, 5.41) is 0. The summed E-state index contributed by atoms with van der Waals surface area (Å²) >= 11 is 0. The molecule has 0 fully saturated rings. The zero-order chi connectivity index (χ0) is 15.7. The van der Waals surface area contributed by atoms with Crippen LogP contribution in [0, 0.1) is 0 Å². The number of benzene rings is 2. The quantitative estimate of drug-likeness (QED) is 0.768. The van der Waals surface area contributed by atoms with E-state index in [4.69, 9.17) is 15.4 Å². The van der Waals surface area contributed by atoms with Crippen LogP contribution in [0.4, 0.5) is 0 Å². The zero-order valence-corrected chi connectivity index (χ0v) is 13.7. The maximum absolute atomic E-state index is 11.2. The van der Waals surface area contributed by atoms with Crippen LogP contribution >= 0.6 is 10.7 Å². The van der Waals surface area contributed by atoms with E-state index in [1.54, 1.807) is 12.1 Å². The molecule has 0 aliphatic rings. The molecule has 0 amide bonds. The van der Waals surface area contributed by atoms with Gasteiger partial charge in [0.1, 0.15) is 11.5 Å². The second-order valence-corrected chi connectivity index (χ2v) is 8.36. The Balaban J connectivity index is 2.23. The third-order valence-electron chi connectivity index (χ3n) is 3.04. The Labute approximate surface area is 129 Å². The van der Waals surface area contributed by atoms with E-state index in [1.807, 2.05) is 18.2 Å². The van der Waals surface area contributed by atoms with Crippen molar-refractivity contribution < 1.29 is 13.2 Å². The molecule has 112 valence electrons. The number of rotatable bonds is 3. The first-order chi connectivity index (χ1) is 9.66. The van der Waals surface area contributed by atoms with Crippen molar-refractivity contribution >= 4 is 19.7 Å². The van der Waals surface area contributed by atoms with Gasteiger partial charge in [0.25, 0.3) is 9.05 Å². The average molecular weight is 325 g/mol. The standard InChI is InChI=1S/C16H17ClO3S/c1-16(2,3)12-5-4-6-14(11-12)20-13-7-9-15(10-8-13)21(17,18)19/h4-11H,1-3H3. The third kappa shape index (κ3) is 4.22. The molecule has 0 heterocycles. The molecule has 0 saturated carbocycles. The molecule has 0 aliphatic heterocycles. The summed E-state index contributed by atoms with van der Waals surface area (Å²) in [6.07, 6.45) is 0. The van der Waals surface area contributed by atoms with Gasteiger partial charge in [-0.2, -0.15) is 0 Å². The monoisotopic (exact) mass is 324 g/mol. The molecular weight excluding hydrogens is 308 g/mol. The van der Waals surface area contributed by atoms with E-state index in [1.165, 1.54) is 17.7 Å². The third-order valence-corrected chi connectivity index (χ3v) is 4.41. The van der Waals surface area contributed by atoms with Gasteiger partial charge in [-0.1, -0.05) is 32.9 Å². The van der Waals surface area contributed by atoms with E-state index >= 15 is 0 Å². The fourth-order valence-electron chi connectivity index (χ4n) is 1.83. The summed E-state index contributed by atoms with van der Waals surface area (Å²) < 4.78 is 28.1. The number of halogens is 1. The van der Waals surface area contributed by atoms with E-state index in [0.29, 0.717) is 11.5 Å².